The lowest BCUT2D eigenvalue weighted by Gasteiger charge is -2.11. The van der Waals surface area contributed by atoms with E-state index >= 15 is 0 Å². The van der Waals surface area contributed by atoms with Crippen molar-refractivity contribution < 1.29 is 5.11 Å². The quantitative estimate of drug-likeness (QED) is 0.512. The van der Waals surface area contributed by atoms with Gasteiger partial charge in [-0.05, 0) is 59.8 Å². The standard InChI is InChI=1S/C15H14BrCl2OSi/c16-13-5-3-11(4-6-13)15-8-7-14(19)10-12(15)2-1-9-20(17)18/h3-8,10,19H,1-2,9H2. The Kier molecular flexibility index (Phi) is 5.96. The highest BCUT2D eigenvalue weighted by molar-refractivity contribution is 9.10. The van der Waals surface area contributed by atoms with Crippen LogP contribution in [0, 0.1) is 0 Å². The molecule has 0 fully saturated rings. The largest absolute Gasteiger partial charge is 0.508 e. The van der Waals surface area contributed by atoms with Crippen LogP contribution in [-0.2, 0) is 6.42 Å². The zero-order valence-electron chi connectivity index (χ0n) is 10.7. The Morgan fingerprint density at radius 2 is 1.75 bits per heavy atom. The molecular weight excluding hydrogens is 375 g/mol. The molecule has 105 valence electrons. The van der Waals surface area contributed by atoms with E-state index in [2.05, 4.69) is 28.1 Å². The van der Waals surface area contributed by atoms with Gasteiger partial charge in [0, 0.05) is 4.47 Å². The zero-order chi connectivity index (χ0) is 14.5. The minimum atomic E-state index is -1.22. The third-order valence-electron chi connectivity index (χ3n) is 3.06. The molecule has 2 rings (SSSR count). The monoisotopic (exact) mass is 387 g/mol. The molecule has 0 aliphatic rings. The van der Waals surface area contributed by atoms with Gasteiger partial charge in [-0.1, -0.05) is 34.1 Å². The fraction of sp³-hybridized carbons (Fsp3) is 0.200. The number of benzene rings is 2. The van der Waals surface area contributed by atoms with Crippen LogP contribution in [0.3, 0.4) is 0 Å². The summed E-state index contributed by atoms with van der Waals surface area (Å²) >= 11 is 15.2. The second-order valence-corrected chi connectivity index (χ2v) is 9.95. The smallest absolute Gasteiger partial charge is 0.273 e. The molecule has 0 aromatic heterocycles. The summed E-state index contributed by atoms with van der Waals surface area (Å²) in [5, 5.41) is 9.68. The first-order chi connectivity index (χ1) is 9.56. The Balaban J connectivity index is 2.25. The molecule has 0 atom stereocenters. The number of aromatic hydroxyl groups is 1. The number of phenols is 1. The summed E-state index contributed by atoms with van der Waals surface area (Å²) in [4.78, 5) is 0. The fourth-order valence-corrected chi connectivity index (χ4v) is 3.62. The molecule has 0 bridgehead atoms. The predicted molar refractivity (Wildman–Crippen MR) is 91.8 cm³/mol. The van der Waals surface area contributed by atoms with Gasteiger partial charge >= 0.3 is 0 Å². The first-order valence-electron chi connectivity index (χ1n) is 6.31. The van der Waals surface area contributed by atoms with Crippen molar-refractivity contribution in [1.82, 2.24) is 0 Å². The zero-order valence-corrected chi connectivity index (χ0v) is 14.8. The average Bonchev–Trinajstić information content (AvgIpc) is 2.40. The molecule has 1 N–H and O–H groups in total. The molecule has 2 aromatic rings. The minimum Gasteiger partial charge on any atom is -0.508 e. The van der Waals surface area contributed by atoms with Crippen molar-refractivity contribution in [3.63, 3.8) is 0 Å². The maximum absolute atomic E-state index is 9.68. The molecule has 0 spiro atoms. The highest BCUT2D eigenvalue weighted by atomic mass is 79.9. The van der Waals surface area contributed by atoms with Gasteiger partial charge in [0.05, 0.1) is 0 Å². The molecule has 5 heteroatoms. The van der Waals surface area contributed by atoms with Crippen LogP contribution in [-0.4, -0.2) is 12.5 Å². The summed E-state index contributed by atoms with van der Waals surface area (Å²) in [6, 6.07) is 14.5. The molecule has 0 unspecified atom stereocenters. The summed E-state index contributed by atoms with van der Waals surface area (Å²) in [6.07, 6.45) is 1.81. The number of phenolic OH excluding ortho intramolecular Hbond substituents is 1. The average molecular weight is 389 g/mol. The highest BCUT2D eigenvalue weighted by Gasteiger charge is 2.09. The van der Waals surface area contributed by atoms with E-state index in [0.29, 0.717) is 5.75 Å². The van der Waals surface area contributed by atoms with Gasteiger partial charge in [-0.2, -0.15) is 0 Å². The van der Waals surface area contributed by atoms with E-state index in [-0.39, 0.29) is 0 Å². The summed E-state index contributed by atoms with van der Waals surface area (Å²) in [5.74, 6) is 0.295. The Morgan fingerprint density at radius 1 is 1.05 bits per heavy atom. The van der Waals surface area contributed by atoms with Crippen LogP contribution in [0.4, 0.5) is 0 Å². The molecule has 1 radical (unpaired) electrons. The number of hydrogen-bond donors (Lipinski definition) is 1. The Morgan fingerprint density at radius 3 is 2.40 bits per heavy atom. The molecule has 0 saturated carbocycles. The Labute approximate surface area is 138 Å². The number of halogens is 3. The summed E-state index contributed by atoms with van der Waals surface area (Å²) < 4.78 is 1.05. The van der Waals surface area contributed by atoms with Crippen LogP contribution in [0.25, 0.3) is 11.1 Å². The predicted octanol–water partition coefficient (Wildman–Crippen LogP) is 5.72. The maximum atomic E-state index is 9.68. The normalized spacial score (nSPS) is 11.0. The Bertz CT molecular complexity index is 573. The topological polar surface area (TPSA) is 20.2 Å². The van der Waals surface area contributed by atoms with Crippen LogP contribution < -0.4 is 0 Å². The van der Waals surface area contributed by atoms with Crippen LogP contribution in [0.2, 0.25) is 6.04 Å². The molecule has 20 heavy (non-hydrogen) atoms. The third-order valence-corrected chi connectivity index (χ3v) is 5.45. The summed E-state index contributed by atoms with van der Waals surface area (Å²) in [6.45, 7) is 0. The molecule has 0 aliphatic carbocycles. The molecule has 0 aliphatic heterocycles. The maximum Gasteiger partial charge on any atom is 0.273 e. The van der Waals surface area contributed by atoms with Crippen LogP contribution in [0.5, 0.6) is 5.75 Å². The van der Waals surface area contributed by atoms with E-state index in [4.69, 9.17) is 22.2 Å². The van der Waals surface area contributed by atoms with Gasteiger partial charge in [-0.3, -0.25) is 0 Å². The molecule has 2 aromatic carbocycles. The lowest BCUT2D eigenvalue weighted by Crippen LogP contribution is -1.96. The van der Waals surface area contributed by atoms with Gasteiger partial charge in [-0.25, -0.2) is 0 Å². The van der Waals surface area contributed by atoms with Crippen molar-refractivity contribution in [3.05, 3.63) is 52.5 Å². The van der Waals surface area contributed by atoms with Crippen molar-refractivity contribution in [3.8, 4) is 16.9 Å². The molecule has 0 heterocycles. The van der Waals surface area contributed by atoms with Crippen LogP contribution >= 0.6 is 38.1 Å². The van der Waals surface area contributed by atoms with E-state index < -0.39 is 7.42 Å². The van der Waals surface area contributed by atoms with Crippen molar-refractivity contribution in [1.29, 1.82) is 0 Å². The SMILES string of the molecule is Oc1ccc(-c2ccc(Br)cc2)c(CCC[Si](Cl)Cl)c1. The lowest BCUT2D eigenvalue weighted by molar-refractivity contribution is 0.474. The number of hydrogen-bond acceptors (Lipinski definition) is 1. The van der Waals surface area contributed by atoms with E-state index in [1.807, 2.05) is 24.3 Å². The van der Waals surface area contributed by atoms with E-state index in [1.165, 1.54) is 0 Å². The number of aryl methyl sites for hydroxylation is 1. The van der Waals surface area contributed by atoms with Gasteiger partial charge in [0.15, 0.2) is 0 Å². The second kappa shape index (κ2) is 7.50. The summed E-state index contributed by atoms with van der Waals surface area (Å²) in [7, 11) is -1.22. The first kappa shape index (κ1) is 15.9. The summed E-state index contributed by atoms with van der Waals surface area (Å²) in [5.41, 5.74) is 3.42. The fourth-order valence-electron chi connectivity index (χ4n) is 2.11. The van der Waals surface area contributed by atoms with Gasteiger partial charge in [-0.15, -0.1) is 22.2 Å². The van der Waals surface area contributed by atoms with Crippen molar-refractivity contribution >= 4 is 45.5 Å². The van der Waals surface area contributed by atoms with Gasteiger partial charge in [0.2, 0.25) is 0 Å². The van der Waals surface area contributed by atoms with E-state index in [0.717, 1.165) is 40.0 Å². The molecule has 0 amide bonds. The number of rotatable bonds is 5. The van der Waals surface area contributed by atoms with Crippen LogP contribution in [0.15, 0.2) is 46.9 Å². The van der Waals surface area contributed by atoms with E-state index in [9.17, 15) is 5.11 Å². The van der Waals surface area contributed by atoms with Crippen molar-refractivity contribution in [2.24, 2.45) is 0 Å². The van der Waals surface area contributed by atoms with Crippen LogP contribution in [0.1, 0.15) is 12.0 Å². The highest BCUT2D eigenvalue weighted by Crippen LogP contribution is 2.29. The van der Waals surface area contributed by atoms with Gasteiger partial charge in [0.25, 0.3) is 7.42 Å². The second-order valence-electron chi connectivity index (χ2n) is 4.54. The van der Waals surface area contributed by atoms with Crippen molar-refractivity contribution in [2.45, 2.75) is 18.9 Å². The first-order valence-corrected chi connectivity index (χ1v) is 10.8. The lowest BCUT2D eigenvalue weighted by atomic mass is 9.96. The van der Waals surface area contributed by atoms with Gasteiger partial charge < -0.3 is 5.11 Å². The van der Waals surface area contributed by atoms with E-state index in [1.54, 1.807) is 6.07 Å². The Hall–Kier alpha value is -0.483. The third kappa shape index (κ3) is 4.52. The van der Waals surface area contributed by atoms with Crippen molar-refractivity contribution in [2.75, 3.05) is 0 Å². The van der Waals surface area contributed by atoms with Gasteiger partial charge in [0.1, 0.15) is 5.75 Å². The minimum absolute atomic E-state index is 0.295. The molecule has 0 saturated heterocycles. The molecule has 1 nitrogen and oxygen atoms in total. The molecular formula is C15H14BrCl2OSi.